The topological polar surface area (TPSA) is 35.8 Å². The SMILES string of the molecule is CCCC1CCC(Nc2ccc(C(C)(C)C#N)cc2)CC1. The van der Waals surface area contributed by atoms with E-state index in [0.717, 1.165) is 11.5 Å². The number of hydrogen-bond acceptors (Lipinski definition) is 2. The molecule has 21 heavy (non-hydrogen) atoms. The maximum absolute atomic E-state index is 9.18. The van der Waals surface area contributed by atoms with E-state index in [0.29, 0.717) is 6.04 Å². The Bertz CT molecular complexity index is 473. The molecule has 1 aromatic rings. The third kappa shape index (κ3) is 4.24. The van der Waals surface area contributed by atoms with Crippen molar-refractivity contribution in [3.63, 3.8) is 0 Å². The van der Waals surface area contributed by atoms with Gasteiger partial charge in [-0.05, 0) is 63.1 Å². The predicted octanol–water partition coefficient (Wildman–Crippen LogP) is 5.26. The molecule has 2 heteroatoms. The number of nitrogens with zero attached hydrogens (tertiary/aromatic N) is 1. The molecule has 0 spiro atoms. The summed E-state index contributed by atoms with van der Waals surface area (Å²) in [4.78, 5) is 0. The second-order valence-electron chi connectivity index (χ2n) is 6.96. The van der Waals surface area contributed by atoms with Crippen LogP contribution >= 0.6 is 0 Å². The Kier molecular flexibility index (Phi) is 5.28. The van der Waals surface area contributed by atoms with Crippen LogP contribution in [0.4, 0.5) is 5.69 Å². The van der Waals surface area contributed by atoms with Crippen molar-refractivity contribution in [3.8, 4) is 6.07 Å². The van der Waals surface area contributed by atoms with Crippen LogP contribution in [-0.4, -0.2) is 6.04 Å². The molecule has 1 saturated carbocycles. The third-order valence-electron chi connectivity index (χ3n) is 4.80. The summed E-state index contributed by atoms with van der Waals surface area (Å²) in [6.45, 7) is 6.21. The van der Waals surface area contributed by atoms with Crippen molar-refractivity contribution in [1.29, 1.82) is 5.26 Å². The van der Waals surface area contributed by atoms with Crippen molar-refractivity contribution in [2.24, 2.45) is 5.92 Å². The van der Waals surface area contributed by atoms with Crippen LogP contribution in [0.3, 0.4) is 0 Å². The second kappa shape index (κ2) is 6.98. The van der Waals surface area contributed by atoms with E-state index in [1.165, 1.54) is 44.2 Å². The van der Waals surface area contributed by atoms with E-state index in [4.69, 9.17) is 0 Å². The van der Waals surface area contributed by atoms with Crippen molar-refractivity contribution in [2.45, 2.75) is 70.8 Å². The van der Waals surface area contributed by atoms with Gasteiger partial charge in [-0.2, -0.15) is 5.26 Å². The molecule has 2 nitrogen and oxygen atoms in total. The standard InChI is InChI=1S/C19H28N2/c1-4-5-15-6-10-17(11-7-15)21-18-12-8-16(9-13-18)19(2,3)14-20/h8-9,12-13,15,17,21H,4-7,10-11H2,1-3H3. The van der Waals surface area contributed by atoms with Crippen LogP contribution in [0.15, 0.2) is 24.3 Å². The number of nitrogens with one attached hydrogen (secondary N) is 1. The Morgan fingerprint density at radius 1 is 1.14 bits per heavy atom. The van der Waals surface area contributed by atoms with Crippen molar-refractivity contribution >= 4 is 5.69 Å². The largest absolute Gasteiger partial charge is 0.382 e. The third-order valence-corrected chi connectivity index (χ3v) is 4.80. The fraction of sp³-hybridized carbons (Fsp3) is 0.632. The number of rotatable bonds is 5. The summed E-state index contributed by atoms with van der Waals surface area (Å²) >= 11 is 0. The normalized spacial score (nSPS) is 22.6. The van der Waals surface area contributed by atoms with Gasteiger partial charge in [0, 0.05) is 11.7 Å². The molecule has 0 atom stereocenters. The maximum Gasteiger partial charge on any atom is 0.0766 e. The molecule has 1 aliphatic rings. The van der Waals surface area contributed by atoms with E-state index < -0.39 is 5.41 Å². The number of anilines is 1. The van der Waals surface area contributed by atoms with Gasteiger partial charge in [-0.25, -0.2) is 0 Å². The highest BCUT2D eigenvalue weighted by Gasteiger charge is 2.21. The molecule has 1 aliphatic carbocycles. The lowest BCUT2D eigenvalue weighted by atomic mass is 9.83. The van der Waals surface area contributed by atoms with Gasteiger partial charge in [-0.15, -0.1) is 0 Å². The molecule has 0 unspecified atom stereocenters. The minimum atomic E-state index is -0.406. The number of hydrogen-bond donors (Lipinski definition) is 1. The molecule has 2 rings (SSSR count). The van der Waals surface area contributed by atoms with Crippen LogP contribution in [0.25, 0.3) is 0 Å². The summed E-state index contributed by atoms with van der Waals surface area (Å²) in [5.74, 6) is 0.951. The van der Waals surface area contributed by atoms with E-state index in [2.05, 4.69) is 42.6 Å². The molecule has 0 amide bonds. The molecule has 0 radical (unpaired) electrons. The summed E-state index contributed by atoms with van der Waals surface area (Å²) in [5, 5.41) is 12.8. The Balaban J connectivity index is 1.89. The van der Waals surface area contributed by atoms with Gasteiger partial charge in [0.2, 0.25) is 0 Å². The first-order chi connectivity index (χ1) is 10.0. The Labute approximate surface area is 129 Å². The van der Waals surface area contributed by atoms with Gasteiger partial charge in [-0.3, -0.25) is 0 Å². The Morgan fingerprint density at radius 3 is 2.29 bits per heavy atom. The smallest absolute Gasteiger partial charge is 0.0766 e. The molecule has 0 aliphatic heterocycles. The van der Waals surface area contributed by atoms with Crippen LogP contribution in [0.1, 0.15) is 64.9 Å². The van der Waals surface area contributed by atoms with Gasteiger partial charge in [0.25, 0.3) is 0 Å². The van der Waals surface area contributed by atoms with Gasteiger partial charge in [0.1, 0.15) is 0 Å². The number of benzene rings is 1. The first kappa shape index (κ1) is 15.9. The minimum absolute atomic E-state index is 0.406. The van der Waals surface area contributed by atoms with Gasteiger partial charge >= 0.3 is 0 Å². The van der Waals surface area contributed by atoms with E-state index in [1.807, 2.05) is 13.8 Å². The summed E-state index contributed by atoms with van der Waals surface area (Å²) in [6, 6.07) is 11.4. The quantitative estimate of drug-likeness (QED) is 0.800. The molecule has 0 aromatic heterocycles. The average Bonchev–Trinajstić information content (AvgIpc) is 2.50. The first-order valence-corrected chi connectivity index (χ1v) is 8.33. The summed E-state index contributed by atoms with van der Waals surface area (Å²) < 4.78 is 0. The Morgan fingerprint density at radius 2 is 1.76 bits per heavy atom. The lowest BCUT2D eigenvalue weighted by molar-refractivity contribution is 0.319. The highest BCUT2D eigenvalue weighted by atomic mass is 14.9. The molecule has 0 saturated heterocycles. The molecule has 1 N–H and O–H groups in total. The lowest BCUT2D eigenvalue weighted by Gasteiger charge is -2.29. The zero-order valence-electron chi connectivity index (χ0n) is 13.7. The molecule has 1 aromatic carbocycles. The monoisotopic (exact) mass is 284 g/mol. The fourth-order valence-corrected chi connectivity index (χ4v) is 3.29. The lowest BCUT2D eigenvalue weighted by Crippen LogP contribution is -2.26. The highest BCUT2D eigenvalue weighted by molar-refractivity contribution is 5.47. The summed E-state index contributed by atoms with van der Waals surface area (Å²) in [6.07, 6.45) is 8.02. The fourth-order valence-electron chi connectivity index (χ4n) is 3.29. The van der Waals surface area contributed by atoms with Crippen LogP contribution < -0.4 is 5.32 Å². The number of nitriles is 1. The highest BCUT2D eigenvalue weighted by Crippen LogP contribution is 2.30. The van der Waals surface area contributed by atoms with E-state index in [-0.39, 0.29) is 0 Å². The molecular formula is C19H28N2. The first-order valence-electron chi connectivity index (χ1n) is 8.33. The van der Waals surface area contributed by atoms with Crippen LogP contribution in [0.5, 0.6) is 0 Å². The summed E-state index contributed by atoms with van der Waals surface area (Å²) in [5.41, 5.74) is 1.87. The molecule has 114 valence electrons. The zero-order chi connectivity index (χ0) is 15.3. The van der Waals surface area contributed by atoms with Gasteiger partial charge in [0.05, 0.1) is 11.5 Å². The van der Waals surface area contributed by atoms with Crippen molar-refractivity contribution in [1.82, 2.24) is 0 Å². The molecular weight excluding hydrogens is 256 g/mol. The zero-order valence-corrected chi connectivity index (χ0v) is 13.7. The van der Waals surface area contributed by atoms with Crippen molar-refractivity contribution in [3.05, 3.63) is 29.8 Å². The summed E-state index contributed by atoms with van der Waals surface area (Å²) in [7, 11) is 0. The Hall–Kier alpha value is -1.49. The van der Waals surface area contributed by atoms with Gasteiger partial charge in [0.15, 0.2) is 0 Å². The van der Waals surface area contributed by atoms with Gasteiger partial charge < -0.3 is 5.32 Å². The van der Waals surface area contributed by atoms with Crippen LogP contribution in [0.2, 0.25) is 0 Å². The second-order valence-corrected chi connectivity index (χ2v) is 6.96. The molecule has 0 heterocycles. The van der Waals surface area contributed by atoms with Crippen LogP contribution in [0, 0.1) is 17.2 Å². The minimum Gasteiger partial charge on any atom is -0.382 e. The molecule has 0 bridgehead atoms. The van der Waals surface area contributed by atoms with Crippen LogP contribution in [-0.2, 0) is 5.41 Å². The van der Waals surface area contributed by atoms with Crippen molar-refractivity contribution < 1.29 is 0 Å². The van der Waals surface area contributed by atoms with E-state index in [1.54, 1.807) is 0 Å². The van der Waals surface area contributed by atoms with Gasteiger partial charge in [-0.1, -0.05) is 31.9 Å². The van der Waals surface area contributed by atoms with E-state index in [9.17, 15) is 5.26 Å². The maximum atomic E-state index is 9.18. The average molecular weight is 284 g/mol. The van der Waals surface area contributed by atoms with Crippen molar-refractivity contribution in [2.75, 3.05) is 5.32 Å². The molecule has 1 fully saturated rings. The predicted molar refractivity (Wildman–Crippen MR) is 89.4 cm³/mol. The van der Waals surface area contributed by atoms with E-state index >= 15 is 0 Å².